The second kappa shape index (κ2) is 4.30. The van der Waals surface area contributed by atoms with Gasteiger partial charge >= 0.3 is 0 Å². The Kier molecular flexibility index (Phi) is 2.77. The number of aromatic nitrogens is 2. The number of imidazole rings is 1. The Hall–Kier alpha value is -1.51. The molecule has 3 rings (SSSR count). The van der Waals surface area contributed by atoms with Crippen molar-refractivity contribution in [1.29, 1.82) is 0 Å². The van der Waals surface area contributed by atoms with Crippen molar-refractivity contribution in [2.75, 3.05) is 11.9 Å². The summed E-state index contributed by atoms with van der Waals surface area (Å²) in [6, 6.07) is 0. The summed E-state index contributed by atoms with van der Waals surface area (Å²) < 4.78 is 20.9. The van der Waals surface area contributed by atoms with Gasteiger partial charge in [0.2, 0.25) is 0 Å². The summed E-state index contributed by atoms with van der Waals surface area (Å²) in [7, 11) is 0. The van der Waals surface area contributed by atoms with Crippen molar-refractivity contribution < 1.29 is 14.2 Å². The summed E-state index contributed by atoms with van der Waals surface area (Å²) in [4.78, 5) is 8.07. The lowest BCUT2D eigenvalue weighted by molar-refractivity contribution is -0.0359. The molecule has 2 aliphatic heterocycles. The van der Waals surface area contributed by atoms with E-state index in [2.05, 4.69) is 15.3 Å². The molecule has 0 radical (unpaired) electrons. The molecule has 7 nitrogen and oxygen atoms in total. The Labute approximate surface area is 102 Å². The number of hydrogen-bond acceptors (Lipinski definition) is 6. The molecule has 98 valence electrons. The third kappa shape index (κ3) is 1.69. The number of aliphatic hydroxyl groups excluding tert-OH is 1. The van der Waals surface area contributed by atoms with E-state index in [1.807, 2.05) is 0 Å². The summed E-state index contributed by atoms with van der Waals surface area (Å²) in [5.41, 5.74) is 6.31. The number of nitrogens with two attached hydrogens (primary N) is 1. The molecule has 0 aromatic carbocycles. The summed E-state index contributed by atoms with van der Waals surface area (Å²) in [5, 5.41) is 11.9. The zero-order valence-electron chi connectivity index (χ0n) is 9.53. The molecular formula is C10H14FN5O2. The average Bonchev–Trinajstić information content (AvgIpc) is 2.93. The van der Waals surface area contributed by atoms with Crippen LogP contribution in [-0.2, 0) is 4.74 Å². The smallest absolute Gasteiger partial charge is 0.168 e. The van der Waals surface area contributed by atoms with E-state index in [0.29, 0.717) is 11.5 Å². The van der Waals surface area contributed by atoms with Gasteiger partial charge in [0.15, 0.2) is 6.23 Å². The van der Waals surface area contributed by atoms with Crippen molar-refractivity contribution in [2.45, 2.75) is 31.1 Å². The van der Waals surface area contributed by atoms with Gasteiger partial charge in [-0.1, -0.05) is 0 Å². The first-order chi connectivity index (χ1) is 8.70. The maximum absolute atomic E-state index is 13.9. The molecular weight excluding hydrogens is 241 g/mol. The molecule has 2 aliphatic rings. The largest absolute Gasteiger partial charge is 0.394 e. The number of nitrogens with one attached hydrogen (secondary N) is 1. The number of alkyl halides is 1. The number of aliphatic imine (C=N–C) groups is 1. The number of halogens is 1. The number of ether oxygens (including phenoxy) is 1. The van der Waals surface area contributed by atoms with E-state index in [4.69, 9.17) is 15.6 Å². The second-order valence-electron chi connectivity index (χ2n) is 4.34. The topological polar surface area (TPSA) is 97.7 Å². The zero-order chi connectivity index (χ0) is 12.7. The SMILES string of the molecule is NC1N=CNc2c1ncn2[C@@H]1O[C@H](CO)CC1F. The fourth-order valence-electron chi connectivity index (χ4n) is 2.25. The average molecular weight is 255 g/mol. The molecule has 0 saturated carbocycles. The molecule has 1 fully saturated rings. The first kappa shape index (κ1) is 11.6. The fraction of sp³-hybridized carbons (Fsp3) is 0.600. The minimum absolute atomic E-state index is 0.175. The highest BCUT2D eigenvalue weighted by molar-refractivity contribution is 5.77. The van der Waals surface area contributed by atoms with Gasteiger partial charge in [-0.2, -0.15) is 0 Å². The van der Waals surface area contributed by atoms with E-state index in [0.717, 1.165) is 0 Å². The number of fused-ring (bicyclic) bond motifs is 1. The molecule has 8 heteroatoms. The van der Waals surface area contributed by atoms with Crippen LogP contribution in [0.15, 0.2) is 11.3 Å². The van der Waals surface area contributed by atoms with Crippen molar-refractivity contribution in [1.82, 2.24) is 9.55 Å². The minimum Gasteiger partial charge on any atom is -0.394 e. The van der Waals surface area contributed by atoms with Crippen molar-refractivity contribution in [3.05, 3.63) is 12.0 Å². The van der Waals surface area contributed by atoms with Crippen LogP contribution in [0.4, 0.5) is 10.2 Å². The molecule has 0 amide bonds. The van der Waals surface area contributed by atoms with Gasteiger partial charge in [0.1, 0.15) is 23.8 Å². The van der Waals surface area contributed by atoms with Gasteiger partial charge in [-0.05, 0) is 0 Å². The Morgan fingerprint density at radius 1 is 1.67 bits per heavy atom. The number of nitrogens with zero attached hydrogens (tertiary/aromatic N) is 3. The Balaban J connectivity index is 1.90. The first-order valence-corrected chi connectivity index (χ1v) is 5.71. The lowest BCUT2D eigenvalue weighted by Gasteiger charge is -2.20. The number of hydrogen-bond donors (Lipinski definition) is 3. The third-order valence-electron chi connectivity index (χ3n) is 3.15. The Morgan fingerprint density at radius 3 is 3.22 bits per heavy atom. The molecule has 0 bridgehead atoms. The zero-order valence-corrected chi connectivity index (χ0v) is 9.53. The van der Waals surface area contributed by atoms with Crippen LogP contribution < -0.4 is 11.1 Å². The van der Waals surface area contributed by atoms with E-state index in [1.165, 1.54) is 12.7 Å². The van der Waals surface area contributed by atoms with Gasteiger partial charge in [0.25, 0.3) is 0 Å². The van der Waals surface area contributed by atoms with E-state index in [9.17, 15) is 4.39 Å². The molecule has 1 aromatic heterocycles. The van der Waals surface area contributed by atoms with Crippen LogP contribution in [0.5, 0.6) is 0 Å². The molecule has 0 spiro atoms. The summed E-state index contributed by atoms with van der Waals surface area (Å²) in [6.45, 7) is -0.192. The molecule has 1 saturated heterocycles. The summed E-state index contributed by atoms with van der Waals surface area (Å²) in [6.07, 6.45) is 0.112. The lowest BCUT2D eigenvalue weighted by Crippen LogP contribution is -2.22. The molecule has 4 N–H and O–H groups in total. The standard InChI is InChI=1S/C10H14FN5O2/c11-6-1-5(2-17)18-10(6)16-4-15-7-8(12)13-3-14-9(7)16/h3-6,8,10,17H,1-2,12H2,(H,13,14)/t5-,6?,8?,10+/m0/s1. The van der Waals surface area contributed by atoms with E-state index in [-0.39, 0.29) is 13.0 Å². The van der Waals surface area contributed by atoms with Crippen molar-refractivity contribution >= 4 is 12.2 Å². The molecule has 0 aliphatic carbocycles. The van der Waals surface area contributed by atoms with Crippen LogP contribution in [-0.4, -0.2) is 39.9 Å². The highest BCUT2D eigenvalue weighted by Crippen LogP contribution is 2.35. The lowest BCUT2D eigenvalue weighted by atomic mass is 10.2. The molecule has 2 unspecified atom stereocenters. The minimum atomic E-state index is -1.18. The van der Waals surface area contributed by atoms with E-state index in [1.54, 1.807) is 4.57 Å². The maximum atomic E-state index is 13.9. The predicted molar refractivity (Wildman–Crippen MR) is 61.8 cm³/mol. The van der Waals surface area contributed by atoms with Gasteiger partial charge < -0.3 is 20.9 Å². The van der Waals surface area contributed by atoms with Gasteiger partial charge in [-0.3, -0.25) is 9.56 Å². The van der Waals surface area contributed by atoms with E-state index >= 15 is 0 Å². The summed E-state index contributed by atoms with van der Waals surface area (Å²) in [5.74, 6) is 0.587. The fourth-order valence-corrected chi connectivity index (χ4v) is 2.25. The van der Waals surface area contributed by atoms with Crippen LogP contribution in [0.3, 0.4) is 0 Å². The van der Waals surface area contributed by atoms with Gasteiger partial charge in [-0.25, -0.2) is 9.37 Å². The monoisotopic (exact) mass is 255 g/mol. The molecule has 4 atom stereocenters. The third-order valence-corrected chi connectivity index (χ3v) is 3.15. The highest BCUT2D eigenvalue weighted by Gasteiger charge is 2.38. The predicted octanol–water partition coefficient (Wildman–Crippen LogP) is -0.0879. The normalized spacial score (nSPS) is 34.4. The summed E-state index contributed by atoms with van der Waals surface area (Å²) >= 11 is 0. The van der Waals surface area contributed by atoms with Crippen LogP contribution in [0.1, 0.15) is 24.5 Å². The van der Waals surface area contributed by atoms with Crippen molar-refractivity contribution in [3.63, 3.8) is 0 Å². The first-order valence-electron chi connectivity index (χ1n) is 5.71. The maximum Gasteiger partial charge on any atom is 0.168 e. The van der Waals surface area contributed by atoms with Gasteiger partial charge in [0, 0.05) is 6.42 Å². The van der Waals surface area contributed by atoms with Crippen molar-refractivity contribution in [2.24, 2.45) is 10.7 Å². The number of anilines is 1. The van der Waals surface area contributed by atoms with Gasteiger partial charge in [0.05, 0.1) is 25.4 Å². The van der Waals surface area contributed by atoms with Crippen LogP contribution in [0, 0.1) is 0 Å². The van der Waals surface area contributed by atoms with Crippen molar-refractivity contribution in [3.8, 4) is 0 Å². The number of rotatable bonds is 2. The van der Waals surface area contributed by atoms with Crippen LogP contribution in [0.2, 0.25) is 0 Å². The quantitative estimate of drug-likeness (QED) is 0.686. The highest BCUT2D eigenvalue weighted by atomic mass is 19.1. The van der Waals surface area contributed by atoms with Crippen LogP contribution in [0.25, 0.3) is 0 Å². The second-order valence-corrected chi connectivity index (χ2v) is 4.34. The van der Waals surface area contributed by atoms with Crippen LogP contribution >= 0.6 is 0 Å². The Bertz CT molecular complexity index is 477. The molecule has 18 heavy (non-hydrogen) atoms. The molecule has 1 aromatic rings. The molecule has 3 heterocycles. The van der Waals surface area contributed by atoms with Gasteiger partial charge in [-0.15, -0.1) is 0 Å². The Morgan fingerprint density at radius 2 is 2.50 bits per heavy atom. The number of aliphatic hydroxyl groups is 1. The van der Waals surface area contributed by atoms with E-state index < -0.39 is 24.7 Å².